The van der Waals surface area contributed by atoms with Crippen molar-refractivity contribution in [1.29, 1.82) is 0 Å². The molecule has 4 rings (SSSR count). The number of rotatable bonds is 10. The number of aromatic nitrogens is 2. The van der Waals surface area contributed by atoms with E-state index in [-0.39, 0.29) is 31.2 Å². The van der Waals surface area contributed by atoms with Crippen molar-refractivity contribution in [3.8, 4) is 0 Å². The molecule has 4 N–H and O–H groups in total. The first-order valence-corrected chi connectivity index (χ1v) is 12.3. The van der Waals surface area contributed by atoms with Crippen molar-refractivity contribution in [3.63, 3.8) is 0 Å². The van der Waals surface area contributed by atoms with Crippen molar-refractivity contribution in [1.82, 2.24) is 20.0 Å². The molecule has 0 saturated carbocycles. The van der Waals surface area contributed by atoms with Gasteiger partial charge in [0.1, 0.15) is 5.65 Å². The van der Waals surface area contributed by atoms with Crippen molar-refractivity contribution in [3.05, 3.63) is 71.7 Å². The zero-order valence-electron chi connectivity index (χ0n) is 21.2. The van der Waals surface area contributed by atoms with Crippen LogP contribution in [0.5, 0.6) is 0 Å². The van der Waals surface area contributed by atoms with Gasteiger partial charge in [0.15, 0.2) is 0 Å². The molecule has 0 aliphatic carbocycles. The fraction of sp³-hybridized carbons (Fsp3) is 0.385. The molecular weight excluding hydrogens is 473 g/mol. The Morgan fingerprint density at radius 3 is 2.65 bits per heavy atom. The minimum Gasteiger partial charge on any atom is -0.426 e. The van der Waals surface area contributed by atoms with Crippen LogP contribution in [0, 0.1) is 12.8 Å². The smallest absolute Gasteiger partial charge is 0.426 e. The largest absolute Gasteiger partial charge is 0.475 e. The van der Waals surface area contributed by atoms with Crippen LogP contribution in [0.3, 0.4) is 0 Å². The lowest BCUT2D eigenvalue weighted by atomic mass is 9.74. The van der Waals surface area contributed by atoms with E-state index in [2.05, 4.69) is 20.8 Å². The standard InChI is InChI=1S/C26H32BN5O5/c1-17(2)12-22(27(35)36)30-25(34)26(13-19-8-5-4-6-9-19)14-20(31-37-26)15-28-24(33)21-10-7-11-32-16-18(3)29-23(21)32/h4-11,16-17,22,35-36H,12-15H2,1-3H3,(H,28,33)(H,30,34). The van der Waals surface area contributed by atoms with Gasteiger partial charge in [-0.2, -0.15) is 0 Å². The number of amides is 2. The number of fused-ring (bicyclic) bond motifs is 1. The van der Waals surface area contributed by atoms with Gasteiger partial charge in [-0.05, 0) is 37.0 Å². The van der Waals surface area contributed by atoms with Gasteiger partial charge < -0.3 is 29.9 Å². The summed E-state index contributed by atoms with van der Waals surface area (Å²) in [5.74, 6) is -1.53. The van der Waals surface area contributed by atoms with E-state index >= 15 is 0 Å². The molecule has 1 aliphatic rings. The first-order valence-electron chi connectivity index (χ1n) is 12.3. The van der Waals surface area contributed by atoms with Crippen LogP contribution < -0.4 is 10.6 Å². The molecule has 0 bridgehead atoms. The molecule has 0 fully saturated rings. The van der Waals surface area contributed by atoms with Gasteiger partial charge in [-0.1, -0.05) is 49.3 Å². The van der Waals surface area contributed by atoms with Gasteiger partial charge in [-0.15, -0.1) is 0 Å². The summed E-state index contributed by atoms with van der Waals surface area (Å²) in [6.07, 6.45) is 4.41. The molecule has 2 amide bonds. The topological polar surface area (TPSA) is 138 Å². The summed E-state index contributed by atoms with van der Waals surface area (Å²) >= 11 is 0. The number of nitrogens with one attached hydrogen (secondary N) is 2. The van der Waals surface area contributed by atoms with E-state index in [4.69, 9.17) is 4.84 Å². The quantitative estimate of drug-likeness (QED) is 0.310. The number of aryl methyl sites for hydroxylation is 1. The molecule has 1 aliphatic heterocycles. The summed E-state index contributed by atoms with van der Waals surface area (Å²) in [4.78, 5) is 36.6. The summed E-state index contributed by atoms with van der Waals surface area (Å²) in [7, 11) is -1.71. The predicted molar refractivity (Wildman–Crippen MR) is 140 cm³/mol. The molecule has 2 unspecified atom stereocenters. The molecule has 0 saturated heterocycles. The van der Waals surface area contributed by atoms with E-state index in [9.17, 15) is 19.6 Å². The molecule has 37 heavy (non-hydrogen) atoms. The Balaban J connectivity index is 1.48. The molecular formula is C26H32BN5O5. The van der Waals surface area contributed by atoms with E-state index in [1.807, 2.05) is 63.5 Å². The fourth-order valence-electron chi connectivity index (χ4n) is 4.52. The fourth-order valence-corrected chi connectivity index (χ4v) is 4.52. The van der Waals surface area contributed by atoms with E-state index < -0.39 is 24.6 Å². The van der Waals surface area contributed by atoms with E-state index in [0.29, 0.717) is 23.3 Å². The predicted octanol–water partition coefficient (Wildman–Crippen LogP) is 1.67. The monoisotopic (exact) mass is 505 g/mol. The molecule has 0 spiro atoms. The highest BCUT2D eigenvalue weighted by Gasteiger charge is 2.48. The number of hydrogen-bond acceptors (Lipinski definition) is 7. The second-order valence-corrected chi connectivity index (χ2v) is 9.92. The van der Waals surface area contributed by atoms with Gasteiger partial charge in [0.05, 0.1) is 29.5 Å². The lowest BCUT2D eigenvalue weighted by molar-refractivity contribution is -0.144. The van der Waals surface area contributed by atoms with Crippen molar-refractivity contribution in [2.75, 3.05) is 6.54 Å². The summed E-state index contributed by atoms with van der Waals surface area (Å²) in [5, 5.41) is 29.4. The Kier molecular flexibility index (Phi) is 7.94. The minimum atomic E-state index is -1.71. The van der Waals surface area contributed by atoms with Gasteiger partial charge in [-0.25, -0.2) is 4.98 Å². The first kappa shape index (κ1) is 26.4. The number of pyridine rings is 1. The van der Waals surface area contributed by atoms with Gasteiger partial charge in [0, 0.05) is 25.2 Å². The van der Waals surface area contributed by atoms with Gasteiger partial charge >= 0.3 is 7.12 Å². The Bertz CT molecular complexity index is 1290. The zero-order chi connectivity index (χ0) is 26.6. The number of hydrogen-bond donors (Lipinski definition) is 4. The third kappa shape index (κ3) is 6.18. The zero-order valence-corrected chi connectivity index (χ0v) is 21.2. The molecule has 3 aromatic rings. The first-order chi connectivity index (χ1) is 17.7. The minimum absolute atomic E-state index is 0.0848. The average Bonchev–Trinajstić information content (AvgIpc) is 3.45. The third-order valence-corrected chi connectivity index (χ3v) is 6.29. The highest BCUT2D eigenvalue weighted by atomic mass is 16.7. The summed E-state index contributed by atoms with van der Waals surface area (Å²) in [6.45, 7) is 5.81. The Labute approximate surface area is 215 Å². The molecule has 2 aromatic heterocycles. The lowest BCUT2D eigenvalue weighted by Gasteiger charge is -2.29. The maximum Gasteiger partial charge on any atom is 0.475 e. The number of carbonyl (C=O) groups is 2. The van der Waals surface area contributed by atoms with Crippen LogP contribution in [0.2, 0.25) is 0 Å². The number of oxime groups is 1. The molecule has 194 valence electrons. The maximum absolute atomic E-state index is 13.5. The number of nitrogens with zero attached hydrogens (tertiary/aromatic N) is 3. The number of imidazole rings is 1. The third-order valence-electron chi connectivity index (χ3n) is 6.29. The lowest BCUT2D eigenvalue weighted by Crippen LogP contribution is -2.56. The molecule has 0 radical (unpaired) electrons. The molecule has 10 nitrogen and oxygen atoms in total. The highest BCUT2D eigenvalue weighted by Crippen LogP contribution is 2.29. The summed E-state index contributed by atoms with van der Waals surface area (Å²) in [5.41, 5.74) is 1.76. The van der Waals surface area contributed by atoms with Gasteiger partial charge in [0.2, 0.25) is 5.60 Å². The SMILES string of the molecule is Cc1cn2cccc(C(=O)NCC3=NOC(Cc4ccccc4)(C(=O)NC(CC(C)C)B(O)O)C3)c2n1. The Hall–Kier alpha value is -3.70. The van der Waals surface area contributed by atoms with Crippen LogP contribution >= 0.6 is 0 Å². The molecule has 1 aromatic carbocycles. The Morgan fingerprint density at radius 1 is 1.19 bits per heavy atom. The van der Waals surface area contributed by atoms with E-state index in [0.717, 1.165) is 11.3 Å². The van der Waals surface area contributed by atoms with Crippen LogP contribution in [0.15, 0.2) is 60.0 Å². The van der Waals surface area contributed by atoms with E-state index in [1.165, 1.54) is 0 Å². The van der Waals surface area contributed by atoms with Crippen LogP contribution in [-0.4, -0.2) is 62.2 Å². The number of benzene rings is 1. The van der Waals surface area contributed by atoms with Crippen molar-refractivity contribution in [2.24, 2.45) is 11.1 Å². The van der Waals surface area contributed by atoms with E-state index in [1.54, 1.807) is 16.5 Å². The van der Waals surface area contributed by atoms with Crippen LogP contribution in [0.4, 0.5) is 0 Å². The van der Waals surface area contributed by atoms with Gasteiger partial charge in [-0.3, -0.25) is 9.59 Å². The maximum atomic E-state index is 13.5. The second kappa shape index (κ2) is 11.1. The normalized spacial score (nSPS) is 17.8. The Morgan fingerprint density at radius 2 is 1.95 bits per heavy atom. The molecule has 11 heteroatoms. The number of carbonyl (C=O) groups excluding carboxylic acids is 2. The molecule has 3 heterocycles. The van der Waals surface area contributed by atoms with Crippen LogP contribution in [0.25, 0.3) is 5.65 Å². The average molecular weight is 505 g/mol. The van der Waals surface area contributed by atoms with Crippen molar-refractivity contribution in [2.45, 2.75) is 51.6 Å². The van der Waals surface area contributed by atoms with Gasteiger partial charge in [0.25, 0.3) is 11.8 Å². The van der Waals surface area contributed by atoms with Crippen LogP contribution in [0.1, 0.15) is 48.3 Å². The van der Waals surface area contributed by atoms with Crippen LogP contribution in [-0.2, 0) is 16.1 Å². The van der Waals surface area contributed by atoms with Crippen molar-refractivity contribution < 1.29 is 24.5 Å². The summed E-state index contributed by atoms with van der Waals surface area (Å²) in [6, 6.07) is 12.9. The molecule has 2 atom stereocenters. The van der Waals surface area contributed by atoms with Crippen molar-refractivity contribution >= 4 is 30.3 Å². The second-order valence-electron chi connectivity index (χ2n) is 9.92. The summed E-state index contributed by atoms with van der Waals surface area (Å²) < 4.78 is 1.79. The highest BCUT2D eigenvalue weighted by molar-refractivity contribution is 6.43.